The maximum Gasteiger partial charge on any atom is 0.161 e. The number of fused-ring (bicyclic) bond motifs is 2. The smallest absolute Gasteiger partial charge is 0.161 e. The van der Waals surface area contributed by atoms with Crippen molar-refractivity contribution in [2.24, 2.45) is 0 Å². The Hall–Kier alpha value is -1.00. The zero-order chi connectivity index (χ0) is 11.1. The second-order valence-electron chi connectivity index (χ2n) is 4.47. The van der Waals surface area contributed by atoms with Gasteiger partial charge in [0, 0.05) is 12.1 Å². The van der Waals surface area contributed by atoms with E-state index in [9.17, 15) is 10.2 Å². The van der Waals surface area contributed by atoms with Crippen molar-refractivity contribution in [2.75, 3.05) is 13.1 Å². The summed E-state index contributed by atoms with van der Waals surface area (Å²) in [7, 11) is 0. The molecule has 0 bridgehead atoms. The summed E-state index contributed by atoms with van der Waals surface area (Å²) < 4.78 is 0. The zero-order valence-electron chi connectivity index (χ0n) is 9.49. The molecular formula is C13H16BrNO2. The Morgan fingerprint density at radius 3 is 2.71 bits per heavy atom. The second kappa shape index (κ2) is 4.70. The van der Waals surface area contributed by atoms with Crippen molar-refractivity contribution in [1.82, 2.24) is 5.32 Å². The minimum absolute atomic E-state index is 0. The number of nitrogens with one attached hydrogen (secondary N) is 1. The van der Waals surface area contributed by atoms with Gasteiger partial charge in [0.05, 0.1) is 0 Å². The van der Waals surface area contributed by atoms with Crippen LogP contribution in [-0.2, 0) is 6.42 Å². The van der Waals surface area contributed by atoms with Gasteiger partial charge in [0.15, 0.2) is 11.5 Å². The molecule has 1 aliphatic carbocycles. The Balaban J connectivity index is 0.00000108. The number of hydrogen-bond acceptors (Lipinski definition) is 3. The molecule has 1 aliphatic heterocycles. The van der Waals surface area contributed by atoms with Gasteiger partial charge in [-0.2, -0.15) is 0 Å². The lowest BCUT2D eigenvalue weighted by atomic mass is 9.82. The Labute approximate surface area is 111 Å². The normalized spacial score (nSPS) is 18.1. The standard InChI is InChI=1S/C13H15NO2.BrH/c15-12-4-3-9-10(13(12)16)2-1-8-5-6-14-7-11(8)9;/h3-4,14-16H,1-2,5-7H2;1H. The van der Waals surface area contributed by atoms with Gasteiger partial charge in [-0.05, 0) is 43.0 Å². The third-order valence-corrected chi connectivity index (χ3v) is 3.60. The molecule has 3 N–H and O–H groups in total. The van der Waals surface area contributed by atoms with Crippen LogP contribution in [0.3, 0.4) is 0 Å². The first-order valence-corrected chi connectivity index (χ1v) is 5.73. The SMILES string of the molecule is Br.Oc1ccc2c(c1O)CCC1=C2CNCC1. The molecule has 0 saturated heterocycles. The summed E-state index contributed by atoms with van der Waals surface area (Å²) in [5, 5.41) is 22.7. The van der Waals surface area contributed by atoms with Crippen molar-refractivity contribution in [3.05, 3.63) is 28.8 Å². The molecule has 4 heteroatoms. The average molecular weight is 298 g/mol. The number of phenols is 2. The summed E-state index contributed by atoms with van der Waals surface area (Å²) in [6, 6.07) is 3.50. The molecule has 0 unspecified atom stereocenters. The van der Waals surface area contributed by atoms with Gasteiger partial charge in [0.25, 0.3) is 0 Å². The third-order valence-electron chi connectivity index (χ3n) is 3.60. The van der Waals surface area contributed by atoms with E-state index in [-0.39, 0.29) is 28.5 Å². The zero-order valence-corrected chi connectivity index (χ0v) is 11.2. The first kappa shape index (κ1) is 12.5. The summed E-state index contributed by atoms with van der Waals surface area (Å²) in [4.78, 5) is 0. The summed E-state index contributed by atoms with van der Waals surface area (Å²) in [6.07, 6.45) is 2.96. The summed E-state index contributed by atoms with van der Waals surface area (Å²) in [5.74, 6) is 0.0567. The van der Waals surface area contributed by atoms with E-state index in [2.05, 4.69) is 5.32 Å². The van der Waals surface area contributed by atoms with Gasteiger partial charge in [0.1, 0.15) is 0 Å². The molecule has 0 atom stereocenters. The van der Waals surface area contributed by atoms with Crippen LogP contribution in [-0.4, -0.2) is 23.3 Å². The molecule has 0 radical (unpaired) electrons. The number of benzene rings is 1. The average Bonchev–Trinajstić information content (AvgIpc) is 2.33. The lowest BCUT2D eigenvalue weighted by molar-refractivity contribution is 0.398. The highest BCUT2D eigenvalue weighted by Gasteiger charge is 2.24. The molecule has 1 heterocycles. The lowest BCUT2D eigenvalue weighted by Crippen LogP contribution is -2.26. The van der Waals surface area contributed by atoms with Crippen molar-refractivity contribution in [3.63, 3.8) is 0 Å². The van der Waals surface area contributed by atoms with E-state index in [0.717, 1.165) is 43.5 Å². The van der Waals surface area contributed by atoms with Gasteiger partial charge in [-0.15, -0.1) is 17.0 Å². The van der Waals surface area contributed by atoms with E-state index in [4.69, 9.17) is 0 Å². The molecule has 17 heavy (non-hydrogen) atoms. The number of rotatable bonds is 0. The highest BCUT2D eigenvalue weighted by molar-refractivity contribution is 8.93. The summed E-state index contributed by atoms with van der Waals surface area (Å²) in [5.41, 5.74) is 4.85. The summed E-state index contributed by atoms with van der Waals surface area (Å²) in [6.45, 7) is 1.94. The van der Waals surface area contributed by atoms with E-state index < -0.39 is 0 Å². The molecule has 1 aromatic carbocycles. The van der Waals surface area contributed by atoms with Gasteiger partial charge in [-0.25, -0.2) is 0 Å². The molecule has 2 aliphatic rings. The van der Waals surface area contributed by atoms with E-state index in [1.807, 2.05) is 6.07 Å². The number of aromatic hydroxyl groups is 2. The molecule has 0 fully saturated rings. The fourth-order valence-corrected chi connectivity index (χ4v) is 2.73. The van der Waals surface area contributed by atoms with Crippen LogP contribution in [0.4, 0.5) is 0 Å². The van der Waals surface area contributed by atoms with Gasteiger partial charge < -0.3 is 15.5 Å². The highest BCUT2D eigenvalue weighted by Crippen LogP contribution is 2.41. The van der Waals surface area contributed by atoms with Crippen LogP contribution in [0.25, 0.3) is 5.57 Å². The molecular weight excluding hydrogens is 282 g/mol. The largest absolute Gasteiger partial charge is 0.504 e. The molecule has 0 spiro atoms. The predicted octanol–water partition coefficient (Wildman–Crippen LogP) is 2.37. The number of phenolic OH excluding ortho intramolecular Hbond substituents is 2. The molecule has 3 rings (SSSR count). The lowest BCUT2D eigenvalue weighted by Gasteiger charge is -2.28. The van der Waals surface area contributed by atoms with E-state index in [1.165, 1.54) is 11.1 Å². The van der Waals surface area contributed by atoms with Gasteiger partial charge in [-0.1, -0.05) is 11.6 Å². The molecule has 0 amide bonds. The van der Waals surface area contributed by atoms with E-state index in [0.29, 0.717) is 0 Å². The Morgan fingerprint density at radius 2 is 1.88 bits per heavy atom. The molecule has 0 saturated carbocycles. The van der Waals surface area contributed by atoms with Crippen LogP contribution < -0.4 is 5.32 Å². The number of hydrogen-bond donors (Lipinski definition) is 3. The molecule has 3 nitrogen and oxygen atoms in total. The minimum Gasteiger partial charge on any atom is -0.504 e. The Bertz CT molecular complexity index is 483. The van der Waals surface area contributed by atoms with Crippen LogP contribution in [0, 0.1) is 0 Å². The van der Waals surface area contributed by atoms with E-state index in [1.54, 1.807) is 6.07 Å². The monoisotopic (exact) mass is 297 g/mol. The first-order chi connectivity index (χ1) is 7.77. The minimum atomic E-state index is -0.00781. The van der Waals surface area contributed by atoms with Crippen LogP contribution in [0.2, 0.25) is 0 Å². The maximum absolute atomic E-state index is 9.84. The fourth-order valence-electron chi connectivity index (χ4n) is 2.73. The van der Waals surface area contributed by atoms with Gasteiger partial charge >= 0.3 is 0 Å². The molecule has 1 aromatic rings. The van der Waals surface area contributed by atoms with Crippen molar-refractivity contribution in [1.29, 1.82) is 0 Å². The maximum atomic E-state index is 9.84. The van der Waals surface area contributed by atoms with Gasteiger partial charge in [-0.3, -0.25) is 0 Å². The van der Waals surface area contributed by atoms with Crippen molar-refractivity contribution >= 4 is 22.6 Å². The molecule has 0 aromatic heterocycles. The first-order valence-electron chi connectivity index (χ1n) is 5.73. The number of halogens is 1. The van der Waals surface area contributed by atoms with E-state index >= 15 is 0 Å². The van der Waals surface area contributed by atoms with Crippen LogP contribution in [0.15, 0.2) is 17.7 Å². The second-order valence-corrected chi connectivity index (χ2v) is 4.47. The van der Waals surface area contributed by atoms with Crippen molar-refractivity contribution in [3.8, 4) is 11.5 Å². The van der Waals surface area contributed by atoms with Gasteiger partial charge in [0.2, 0.25) is 0 Å². The van der Waals surface area contributed by atoms with Crippen molar-refractivity contribution < 1.29 is 10.2 Å². The summed E-state index contributed by atoms with van der Waals surface area (Å²) >= 11 is 0. The highest BCUT2D eigenvalue weighted by atomic mass is 79.9. The van der Waals surface area contributed by atoms with Crippen LogP contribution in [0.1, 0.15) is 24.0 Å². The van der Waals surface area contributed by atoms with Crippen LogP contribution in [0.5, 0.6) is 11.5 Å². The quantitative estimate of drug-likeness (QED) is 0.645. The van der Waals surface area contributed by atoms with Crippen molar-refractivity contribution in [2.45, 2.75) is 19.3 Å². The predicted molar refractivity (Wildman–Crippen MR) is 72.8 cm³/mol. The van der Waals surface area contributed by atoms with Crippen LogP contribution >= 0.6 is 17.0 Å². The Kier molecular flexibility index (Phi) is 3.45. The third kappa shape index (κ3) is 1.96. The fraction of sp³-hybridized carbons (Fsp3) is 0.385. The topological polar surface area (TPSA) is 52.5 Å². The molecule has 92 valence electrons. The Morgan fingerprint density at radius 1 is 1.06 bits per heavy atom.